The van der Waals surface area contributed by atoms with E-state index >= 15 is 0 Å². The van der Waals surface area contributed by atoms with E-state index in [1.165, 1.54) is 25.0 Å². The van der Waals surface area contributed by atoms with Crippen LogP contribution in [0.3, 0.4) is 0 Å². The number of fused-ring (bicyclic) bond motifs is 1. The highest BCUT2D eigenvalue weighted by Crippen LogP contribution is 2.51. The summed E-state index contributed by atoms with van der Waals surface area (Å²) in [4.78, 5) is 7.11. The first-order valence-electron chi connectivity index (χ1n) is 5.16. The molecule has 2 fully saturated rings. The second-order valence-electron chi connectivity index (χ2n) is 4.24. The molecule has 1 heterocycles. The SMILES string of the molecule is c1ncc(CNC2C3CCCC32)[nH]1. The second-order valence-corrected chi connectivity index (χ2v) is 4.24. The maximum absolute atomic E-state index is 4.00. The molecule has 3 nitrogen and oxygen atoms in total. The van der Waals surface area contributed by atoms with Gasteiger partial charge in [-0.2, -0.15) is 0 Å². The van der Waals surface area contributed by atoms with E-state index < -0.39 is 0 Å². The van der Waals surface area contributed by atoms with E-state index in [0.717, 1.165) is 24.4 Å². The summed E-state index contributed by atoms with van der Waals surface area (Å²) < 4.78 is 0. The first kappa shape index (κ1) is 7.56. The Kier molecular flexibility index (Phi) is 1.65. The van der Waals surface area contributed by atoms with Crippen LogP contribution in [-0.2, 0) is 6.54 Å². The van der Waals surface area contributed by atoms with Crippen molar-refractivity contribution < 1.29 is 0 Å². The van der Waals surface area contributed by atoms with E-state index in [9.17, 15) is 0 Å². The largest absolute Gasteiger partial charge is 0.347 e. The molecule has 2 aliphatic carbocycles. The van der Waals surface area contributed by atoms with Gasteiger partial charge in [-0.1, -0.05) is 6.42 Å². The molecule has 3 heteroatoms. The zero-order chi connectivity index (χ0) is 8.67. The van der Waals surface area contributed by atoms with E-state index in [2.05, 4.69) is 15.3 Å². The van der Waals surface area contributed by atoms with Crippen molar-refractivity contribution in [1.29, 1.82) is 0 Å². The average molecular weight is 177 g/mol. The molecule has 0 aliphatic heterocycles. The lowest BCUT2D eigenvalue weighted by molar-refractivity contribution is 0.556. The molecule has 0 radical (unpaired) electrons. The molecule has 0 bridgehead atoms. The summed E-state index contributed by atoms with van der Waals surface area (Å²) in [5, 5.41) is 3.59. The fourth-order valence-electron chi connectivity index (χ4n) is 2.73. The predicted molar refractivity (Wildman–Crippen MR) is 50.0 cm³/mol. The average Bonchev–Trinajstić information content (AvgIpc) is 2.68. The Morgan fingerprint density at radius 1 is 1.46 bits per heavy atom. The van der Waals surface area contributed by atoms with Crippen LogP contribution in [0, 0.1) is 11.8 Å². The highest BCUT2D eigenvalue weighted by molar-refractivity contribution is 5.07. The Hall–Kier alpha value is -0.830. The Balaban J connectivity index is 1.50. The topological polar surface area (TPSA) is 40.7 Å². The number of rotatable bonds is 3. The quantitative estimate of drug-likeness (QED) is 0.730. The van der Waals surface area contributed by atoms with Crippen molar-refractivity contribution in [3.63, 3.8) is 0 Å². The van der Waals surface area contributed by atoms with Gasteiger partial charge in [0.1, 0.15) is 0 Å². The standard InChI is InChI=1S/C10H15N3/c1-2-8-9(3-1)10(8)12-5-7-4-11-6-13-7/h4,6,8-10,12H,1-3,5H2,(H,11,13). The Labute approximate surface area is 78.0 Å². The van der Waals surface area contributed by atoms with Crippen LogP contribution in [-0.4, -0.2) is 16.0 Å². The van der Waals surface area contributed by atoms with Gasteiger partial charge in [-0.25, -0.2) is 4.98 Å². The molecule has 3 rings (SSSR count). The van der Waals surface area contributed by atoms with Crippen LogP contribution < -0.4 is 5.32 Å². The van der Waals surface area contributed by atoms with Gasteiger partial charge in [-0.15, -0.1) is 0 Å². The first-order valence-corrected chi connectivity index (χ1v) is 5.16. The van der Waals surface area contributed by atoms with E-state index in [1.54, 1.807) is 6.33 Å². The van der Waals surface area contributed by atoms with Gasteiger partial charge in [0, 0.05) is 24.5 Å². The van der Waals surface area contributed by atoms with Crippen LogP contribution in [0.25, 0.3) is 0 Å². The molecular weight excluding hydrogens is 162 g/mol. The summed E-state index contributed by atoms with van der Waals surface area (Å²) in [6.07, 6.45) is 7.99. The molecule has 0 amide bonds. The molecule has 0 spiro atoms. The maximum atomic E-state index is 4.00. The summed E-state index contributed by atoms with van der Waals surface area (Å²) >= 11 is 0. The lowest BCUT2D eigenvalue weighted by Crippen LogP contribution is -2.20. The third-order valence-electron chi connectivity index (χ3n) is 3.49. The van der Waals surface area contributed by atoms with Gasteiger partial charge in [0.05, 0.1) is 6.33 Å². The van der Waals surface area contributed by atoms with E-state index in [1.807, 2.05) is 6.20 Å². The minimum absolute atomic E-state index is 0.817. The first-order chi connectivity index (χ1) is 6.45. The summed E-state index contributed by atoms with van der Waals surface area (Å²) in [5.41, 5.74) is 1.20. The van der Waals surface area contributed by atoms with Crippen molar-refractivity contribution in [2.24, 2.45) is 11.8 Å². The van der Waals surface area contributed by atoms with Gasteiger partial charge in [-0.3, -0.25) is 0 Å². The second kappa shape index (κ2) is 2.84. The molecule has 2 N–H and O–H groups in total. The fraction of sp³-hybridized carbons (Fsp3) is 0.700. The molecule has 1 aromatic heterocycles. The Morgan fingerprint density at radius 3 is 3.00 bits per heavy atom. The molecule has 2 unspecified atom stereocenters. The smallest absolute Gasteiger partial charge is 0.0922 e. The number of H-pyrrole nitrogens is 1. The van der Waals surface area contributed by atoms with E-state index in [-0.39, 0.29) is 0 Å². The molecule has 1 aromatic rings. The minimum Gasteiger partial charge on any atom is -0.347 e. The van der Waals surface area contributed by atoms with E-state index in [0.29, 0.717) is 0 Å². The number of aromatic nitrogens is 2. The van der Waals surface area contributed by atoms with Crippen molar-refractivity contribution in [1.82, 2.24) is 15.3 Å². The Morgan fingerprint density at radius 2 is 2.31 bits per heavy atom. The van der Waals surface area contributed by atoms with Crippen molar-refractivity contribution in [2.45, 2.75) is 31.8 Å². The van der Waals surface area contributed by atoms with Gasteiger partial charge >= 0.3 is 0 Å². The number of nitrogens with zero attached hydrogens (tertiary/aromatic N) is 1. The summed E-state index contributed by atoms with van der Waals surface area (Å²) in [6, 6.07) is 0.817. The van der Waals surface area contributed by atoms with E-state index in [4.69, 9.17) is 0 Å². The molecule has 13 heavy (non-hydrogen) atoms. The van der Waals surface area contributed by atoms with Crippen LogP contribution in [0.2, 0.25) is 0 Å². The third-order valence-corrected chi connectivity index (χ3v) is 3.49. The zero-order valence-corrected chi connectivity index (χ0v) is 7.66. The van der Waals surface area contributed by atoms with Crippen LogP contribution in [0.1, 0.15) is 25.0 Å². The third kappa shape index (κ3) is 1.27. The predicted octanol–water partition coefficient (Wildman–Crippen LogP) is 1.30. The van der Waals surface area contributed by atoms with Crippen molar-refractivity contribution in [3.8, 4) is 0 Å². The van der Waals surface area contributed by atoms with Gasteiger partial charge in [-0.05, 0) is 24.7 Å². The fourth-order valence-corrected chi connectivity index (χ4v) is 2.73. The number of imidazole rings is 1. The van der Waals surface area contributed by atoms with Crippen LogP contribution in [0.5, 0.6) is 0 Å². The monoisotopic (exact) mass is 177 g/mol. The minimum atomic E-state index is 0.817. The summed E-state index contributed by atoms with van der Waals surface area (Å²) in [6.45, 7) is 0.956. The molecule has 2 saturated carbocycles. The lowest BCUT2D eigenvalue weighted by atomic mass is 10.2. The van der Waals surface area contributed by atoms with Gasteiger partial charge < -0.3 is 10.3 Å². The van der Waals surface area contributed by atoms with Crippen molar-refractivity contribution in [2.75, 3.05) is 0 Å². The maximum Gasteiger partial charge on any atom is 0.0922 e. The lowest BCUT2D eigenvalue weighted by Gasteiger charge is -2.04. The molecular formula is C10H15N3. The van der Waals surface area contributed by atoms with Crippen molar-refractivity contribution >= 4 is 0 Å². The van der Waals surface area contributed by atoms with Crippen LogP contribution >= 0.6 is 0 Å². The number of aromatic amines is 1. The van der Waals surface area contributed by atoms with Gasteiger partial charge in [0.2, 0.25) is 0 Å². The number of hydrogen-bond donors (Lipinski definition) is 2. The molecule has 70 valence electrons. The van der Waals surface area contributed by atoms with Crippen molar-refractivity contribution in [3.05, 3.63) is 18.2 Å². The van der Waals surface area contributed by atoms with Gasteiger partial charge in [0.15, 0.2) is 0 Å². The molecule has 0 saturated heterocycles. The highest BCUT2D eigenvalue weighted by Gasteiger charge is 2.51. The number of hydrogen-bond acceptors (Lipinski definition) is 2. The summed E-state index contributed by atoms with van der Waals surface area (Å²) in [7, 11) is 0. The van der Waals surface area contributed by atoms with Gasteiger partial charge in [0.25, 0.3) is 0 Å². The molecule has 2 atom stereocenters. The molecule has 2 aliphatic rings. The zero-order valence-electron chi connectivity index (χ0n) is 7.66. The Bertz CT molecular complexity index is 270. The van der Waals surface area contributed by atoms with Crippen LogP contribution in [0.15, 0.2) is 12.5 Å². The molecule has 0 aromatic carbocycles. The summed E-state index contributed by atoms with van der Waals surface area (Å²) in [5.74, 6) is 2.01. The number of nitrogens with one attached hydrogen (secondary N) is 2. The normalized spacial score (nSPS) is 36.2. The highest BCUT2D eigenvalue weighted by atomic mass is 15.0. The van der Waals surface area contributed by atoms with Crippen LogP contribution in [0.4, 0.5) is 0 Å².